The Morgan fingerprint density at radius 2 is 2.21 bits per heavy atom. The lowest BCUT2D eigenvalue weighted by Gasteiger charge is -2.27. The van der Waals surface area contributed by atoms with Gasteiger partial charge in [0.25, 0.3) is 0 Å². The lowest BCUT2D eigenvalue weighted by atomic mass is 9.97. The van der Waals surface area contributed by atoms with Crippen LogP contribution in [0.15, 0.2) is 29.6 Å². The molecule has 0 radical (unpaired) electrons. The summed E-state index contributed by atoms with van der Waals surface area (Å²) < 4.78 is 7.44. The maximum absolute atomic E-state index is 6.04. The molecule has 2 nitrogen and oxygen atoms in total. The maximum atomic E-state index is 6.04. The van der Waals surface area contributed by atoms with Crippen LogP contribution in [0.3, 0.4) is 0 Å². The Morgan fingerprint density at radius 1 is 1.37 bits per heavy atom. The summed E-state index contributed by atoms with van der Waals surface area (Å²) >= 11 is 1.83. The van der Waals surface area contributed by atoms with Crippen molar-refractivity contribution >= 4 is 21.4 Å². The zero-order valence-corrected chi connectivity index (χ0v) is 12.4. The molecule has 2 atom stereocenters. The summed E-state index contributed by atoms with van der Waals surface area (Å²) in [6.45, 7) is 2.88. The molecule has 102 valence electrons. The normalized spacial score (nSPS) is 18.6. The standard InChI is InChI=1S/C16H21NOS/c1-3-18-15(11-7-8-11)14(17-2)13-6-4-5-12-9-10-19-16(12)13/h4-6,9-11,14-15,17H,3,7-8H2,1-2H3. The van der Waals surface area contributed by atoms with Gasteiger partial charge in [0.2, 0.25) is 0 Å². The number of hydrogen-bond acceptors (Lipinski definition) is 3. The smallest absolute Gasteiger partial charge is 0.0798 e. The molecule has 0 bridgehead atoms. The molecule has 19 heavy (non-hydrogen) atoms. The molecule has 1 fully saturated rings. The average Bonchev–Trinajstić information content (AvgIpc) is 3.15. The summed E-state index contributed by atoms with van der Waals surface area (Å²) in [5.41, 5.74) is 1.39. The summed E-state index contributed by atoms with van der Waals surface area (Å²) in [7, 11) is 2.05. The second-order valence-electron chi connectivity index (χ2n) is 5.21. The van der Waals surface area contributed by atoms with E-state index >= 15 is 0 Å². The van der Waals surface area contributed by atoms with E-state index in [2.05, 4.69) is 41.9 Å². The van der Waals surface area contributed by atoms with Gasteiger partial charge >= 0.3 is 0 Å². The molecule has 0 saturated heterocycles. The molecule has 2 unspecified atom stereocenters. The van der Waals surface area contributed by atoms with Crippen LogP contribution in [0.5, 0.6) is 0 Å². The second kappa shape index (κ2) is 5.61. The minimum absolute atomic E-state index is 0.301. The number of fused-ring (bicyclic) bond motifs is 1. The summed E-state index contributed by atoms with van der Waals surface area (Å²) in [4.78, 5) is 0. The van der Waals surface area contributed by atoms with Gasteiger partial charge in [-0.05, 0) is 55.1 Å². The third kappa shape index (κ3) is 2.55. The van der Waals surface area contributed by atoms with Crippen molar-refractivity contribution in [3.05, 3.63) is 35.2 Å². The Hall–Kier alpha value is -0.900. The highest BCUT2D eigenvalue weighted by molar-refractivity contribution is 7.17. The predicted octanol–water partition coefficient (Wildman–Crippen LogP) is 3.98. The molecule has 0 amide bonds. The molecular formula is C16H21NOS. The maximum Gasteiger partial charge on any atom is 0.0798 e. The first-order chi connectivity index (χ1) is 9.35. The van der Waals surface area contributed by atoms with Crippen molar-refractivity contribution in [3.8, 4) is 0 Å². The van der Waals surface area contributed by atoms with Gasteiger partial charge in [-0.15, -0.1) is 11.3 Å². The Kier molecular flexibility index (Phi) is 3.87. The van der Waals surface area contributed by atoms with E-state index in [-0.39, 0.29) is 0 Å². The summed E-state index contributed by atoms with van der Waals surface area (Å²) in [6, 6.07) is 9.09. The van der Waals surface area contributed by atoms with Gasteiger partial charge in [-0.3, -0.25) is 0 Å². The van der Waals surface area contributed by atoms with Crippen molar-refractivity contribution in [1.29, 1.82) is 0 Å². The van der Waals surface area contributed by atoms with Crippen molar-refractivity contribution in [3.63, 3.8) is 0 Å². The van der Waals surface area contributed by atoms with Crippen LogP contribution in [0.2, 0.25) is 0 Å². The van der Waals surface area contributed by atoms with Gasteiger partial charge in [0.05, 0.1) is 12.1 Å². The van der Waals surface area contributed by atoms with Crippen LogP contribution in [0, 0.1) is 5.92 Å². The number of rotatable bonds is 6. The van der Waals surface area contributed by atoms with Crippen LogP contribution >= 0.6 is 11.3 Å². The van der Waals surface area contributed by atoms with Crippen LogP contribution < -0.4 is 5.32 Å². The first-order valence-electron chi connectivity index (χ1n) is 7.10. The van der Waals surface area contributed by atoms with E-state index in [0.29, 0.717) is 12.1 Å². The van der Waals surface area contributed by atoms with E-state index in [0.717, 1.165) is 12.5 Å². The van der Waals surface area contributed by atoms with E-state index in [1.165, 1.54) is 28.5 Å². The van der Waals surface area contributed by atoms with E-state index < -0.39 is 0 Å². The number of hydrogen-bond donors (Lipinski definition) is 1. The molecule has 0 aliphatic heterocycles. The number of likely N-dealkylation sites (N-methyl/N-ethyl adjacent to an activating group) is 1. The third-order valence-corrected chi connectivity index (χ3v) is 4.91. The van der Waals surface area contributed by atoms with Crippen LogP contribution in [0.4, 0.5) is 0 Å². The highest BCUT2D eigenvalue weighted by Crippen LogP contribution is 2.41. The summed E-state index contributed by atoms with van der Waals surface area (Å²) in [6.07, 6.45) is 2.93. The fourth-order valence-electron chi connectivity index (χ4n) is 2.88. The van der Waals surface area contributed by atoms with Crippen molar-refractivity contribution in [2.75, 3.05) is 13.7 Å². The first kappa shape index (κ1) is 13.1. The third-order valence-electron chi connectivity index (χ3n) is 3.93. The van der Waals surface area contributed by atoms with E-state index in [4.69, 9.17) is 4.74 Å². The molecule has 1 aromatic carbocycles. The first-order valence-corrected chi connectivity index (χ1v) is 7.98. The highest BCUT2D eigenvalue weighted by Gasteiger charge is 2.37. The molecule has 0 spiro atoms. The molecule has 3 rings (SSSR count). The van der Waals surface area contributed by atoms with Gasteiger partial charge in [0.1, 0.15) is 0 Å². The lowest BCUT2D eigenvalue weighted by molar-refractivity contribution is 0.0208. The lowest BCUT2D eigenvalue weighted by Crippen LogP contribution is -2.33. The topological polar surface area (TPSA) is 21.3 Å². The SMILES string of the molecule is CCOC(C1CC1)C(NC)c1cccc2ccsc12. The van der Waals surface area contributed by atoms with Gasteiger partial charge in [0.15, 0.2) is 0 Å². The summed E-state index contributed by atoms with van der Waals surface area (Å²) in [5.74, 6) is 0.729. The quantitative estimate of drug-likeness (QED) is 0.861. The minimum Gasteiger partial charge on any atom is -0.376 e. The molecule has 1 saturated carbocycles. The highest BCUT2D eigenvalue weighted by atomic mass is 32.1. The molecular weight excluding hydrogens is 254 g/mol. The molecule has 1 N–H and O–H groups in total. The molecule has 1 heterocycles. The number of nitrogens with one attached hydrogen (secondary N) is 1. The monoisotopic (exact) mass is 275 g/mol. The fraction of sp³-hybridized carbons (Fsp3) is 0.500. The number of thiophene rings is 1. The predicted molar refractivity (Wildman–Crippen MR) is 81.8 cm³/mol. The van der Waals surface area contributed by atoms with Crippen molar-refractivity contribution in [2.45, 2.75) is 31.9 Å². The van der Waals surface area contributed by atoms with Gasteiger partial charge in [0, 0.05) is 11.3 Å². The Morgan fingerprint density at radius 3 is 2.89 bits per heavy atom. The van der Waals surface area contributed by atoms with Gasteiger partial charge in [-0.25, -0.2) is 0 Å². The average molecular weight is 275 g/mol. The Bertz CT molecular complexity index is 546. The van der Waals surface area contributed by atoms with Crippen LogP contribution in [-0.2, 0) is 4.74 Å². The van der Waals surface area contributed by atoms with Gasteiger partial charge < -0.3 is 10.1 Å². The van der Waals surface area contributed by atoms with Crippen molar-refractivity contribution < 1.29 is 4.74 Å². The van der Waals surface area contributed by atoms with E-state index in [1.54, 1.807) is 0 Å². The zero-order valence-electron chi connectivity index (χ0n) is 11.6. The number of benzene rings is 1. The Labute approximate surface area is 118 Å². The number of ether oxygens (including phenoxy) is 1. The van der Waals surface area contributed by atoms with Crippen LogP contribution in [0.25, 0.3) is 10.1 Å². The van der Waals surface area contributed by atoms with Crippen molar-refractivity contribution in [1.82, 2.24) is 5.32 Å². The van der Waals surface area contributed by atoms with Crippen molar-refractivity contribution in [2.24, 2.45) is 5.92 Å². The van der Waals surface area contributed by atoms with Crippen LogP contribution in [-0.4, -0.2) is 19.8 Å². The zero-order chi connectivity index (χ0) is 13.2. The molecule has 1 aromatic heterocycles. The van der Waals surface area contributed by atoms with Gasteiger partial charge in [-0.2, -0.15) is 0 Å². The fourth-order valence-corrected chi connectivity index (χ4v) is 3.83. The second-order valence-corrected chi connectivity index (χ2v) is 6.13. The van der Waals surface area contributed by atoms with E-state index in [9.17, 15) is 0 Å². The Balaban J connectivity index is 1.98. The minimum atomic E-state index is 0.301. The molecule has 3 heteroatoms. The summed E-state index contributed by atoms with van der Waals surface area (Å²) in [5, 5.41) is 7.00. The van der Waals surface area contributed by atoms with E-state index in [1.807, 2.05) is 18.4 Å². The largest absolute Gasteiger partial charge is 0.376 e. The molecule has 2 aromatic rings. The van der Waals surface area contributed by atoms with Crippen LogP contribution in [0.1, 0.15) is 31.4 Å². The molecule has 1 aliphatic rings. The molecule has 1 aliphatic carbocycles. The van der Waals surface area contributed by atoms with Gasteiger partial charge in [-0.1, -0.05) is 18.2 Å².